The molecule has 1 amide bonds. The number of halogens is 3. The Kier molecular flexibility index (Phi) is 4.67. The predicted octanol–water partition coefficient (Wildman–Crippen LogP) is 2.91. The van der Waals surface area contributed by atoms with Gasteiger partial charge in [-0.05, 0) is 6.42 Å². The highest BCUT2D eigenvalue weighted by Crippen LogP contribution is 2.39. The summed E-state index contributed by atoms with van der Waals surface area (Å²) < 4.78 is 53.2. The minimum atomic E-state index is -3.54. The molecule has 1 aromatic carbocycles. The Morgan fingerprint density at radius 1 is 1.38 bits per heavy atom. The van der Waals surface area contributed by atoms with E-state index in [0.29, 0.717) is 11.0 Å². The SMILES string of the molecule is CS(=O)(=O)Cc1c(F)c(Cl)c(-c2cn3cc(NC(=O)[C@@H]4C[C@@H]4F)nc3cn2)c2cn[nH]c12. The molecular weight excluding hydrogens is 466 g/mol. The van der Waals surface area contributed by atoms with Gasteiger partial charge in [0.25, 0.3) is 0 Å². The van der Waals surface area contributed by atoms with Gasteiger partial charge in [-0.2, -0.15) is 5.10 Å². The van der Waals surface area contributed by atoms with Crippen molar-refractivity contribution in [3.8, 4) is 11.3 Å². The second-order valence-corrected chi connectivity index (χ2v) is 10.2. The molecule has 0 bridgehead atoms. The maximum atomic E-state index is 15.1. The summed E-state index contributed by atoms with van der Waals surface area (Å²) in [5, 5.41) is 9.22. The molecule has 5 rings (SSSR count). The van der Waals surface area contributed by atoms with Crippen LogP contribution in [0, 0.1) is 11.7 Å². The fourth-order valence-electron chi connectivity index (χ4n) is 3.57. The summed E-state index contributed by atoms with van der Waals surface area (Å²) >= 11 is 6.31. The first-order chi connectivity index (χ1) is 15.1. The van der Waals surface area contributed by atoms with Crippen molar-refractivity contribution < 1.29 is 22.0 Å². The minimum Gasteiger partial charge on any atom is -0.309 e. The number of alkyl halides is 1. The number of aromatic amines is 1. The molecular formula is C19H15ClF2N6O3S. The number of rotatable bonds is 5. The van der Waals surface area contributed by atoms with Gasteiger partial charge in [-0.3, -0.25) is 14.9 Å². The Morgan fingerprint density at radius 3 is 2.81 bits per heavy atom. The maximum absolute atomic E-state index is 15.1. The number of amides is 1. The molecule has 166 valence electrons. The molecule has 0 unspecified atom stereocenters. The van der Waals surface area contributed by atoms with Crippen LogP contribution in [-0.2, 0) is 20.4 Å². The molecule has 0 aliphatic heterocycles. The van der Waals surface area contributed by atoms with Crippen molar-refractivity contribution in [3.63, 3.8) is 0 Å². The summed E-state index contributed by atoms with van der Waals surface area (Å²) in [4.78, 5) is 20.5. The number of carbonyl (C=O) groups is 1. The van der Waals surface area contributed by atoms with E-state index in [1.807, 2.05) is 0 Å². The van der Waals surface area contributed by atoms with Crippen molar-refractivity contribution in [3.05, 3.63) is 41.2 Å². The van der Waals surface area contributed by atoms with Crippen LogP contribution in [0.15, 0.2) is 24.8 Å². The predicted molar refractivity (Wildman–Crippen MR) is 113 cm³/mol. The number of hydrogen-bond donors (Lipinski definition) is 2. The van der Waals surface area contributed by atoms with Gasteiger partial charge < -0.3 is 9.72 Å². The fraction of sp³-hybridized carbons (Fsp3) is 0.263. The lowest BCUT2D eigenvalue weighted by Crippen LogP contribution is -2.15. The van der Waals surface area contributed by atoms with Crippen molar-refractivity contribution >= 4 is 49.7 Å². The Hall–Kier alpha value is -3.12. The van der Waals surface area contributed by atoms with Crippen LogP contribution >= 0.6 is 11.6 Å². The van der Waals surface area contributed by atoms with Gasteiger partial charge in [-0.15, -0.1) is 0 Å². The highest BCUT2D eigenvalue weighted by Gasteiger charge is 2.43. The zero-order valence-electron chi connectivity index (χ0n) is 16.4. The number of hydrogen-bond acceptors (Lipinski definition) is 6. The van der Waals surface area contributed by atoms with E-state index in [1.165, 1.54) is 24.8 Å². The minimum absolute atomic E-state index is 0.103. The number of aromatic nitrogens is 5. The Bertz CT molecular complexity index is 1520. The quantitative estimate of drug-likeness (QED) is 0.453. The molecule has 1 aliphatic rings. The highest BCUT2D eigenvalue weighted by molar-refractivity contribution is 7.89. The molecule has 0 spiro atoms. The Labute approximate surface area is 184 Å². The van der Waals surface area contributed by atoms with Crippen LogP contribution in [0.3, 0.4) is 0 Å². The average Bonchev–Trinajstić information content (AvgIpc) is 3.10. The molecule has 2 atom stereocenters. The zero-order valence-corrected chi connectivity index (χ0v) is 18.0. The monoisotopic (exact) mass is 480 g/mol. The number of nitrogens with zero attached hydrogens (tertiary/aromatic N) is 4. The van der Waals surface area contributed by atoms with E-state index in [0.717, 1.165) is 6.26 Å². The zero-order chi connectivity index (χ0) is 22.8. The summed E-state index contributed by atoms with van der Waals surface area (Å²) in [5.74, 6) is -2.30. The highest BCUT2D eigenvalue weighted by atomic mass is 35.5. The van der Waals surface area contributed by atoms with Crippen LogP contribution in [0.1, 0.15) is 12.0 Å². The molecule has 0 radical (unpaired) electrons. The molecule has 1 fully saturated rings. The first-order valence-electron chi connectivity index (χ1n) is 9.43. The molecule has 0 saturated heterocycles. The van der Waals surface area contributed by atoms with Crippen LogP contribution in [0.2, 0.25) is 5.02 Å². The van der Waals surface area contributed by atoms with Crippen molar-refractivity contribution in [2.75, 3.05) is 11.6 Å². The summed E-state index contributed by atoms with van der Waals surface area (Å²) in [5.41, 5.74) is 1.00. The summed E-state index contributed by atoms with van der Waals surface area (Å²) in [6.45, 7) is 0. The molecule has 4 aromatic rings. The lowest BCUT2D eigenvalue weighted by atomic mass is 10.0. The number of anilines is 1. The summed E-state index contributed by atoms with van der Waals surface area (Å²) in [6, 6.07) is 0. The normalized spacial score (nSPS) is 18.4. The van der Waals surface area contributed by atoms with E-state index >= 15 is 4.39 Å². The molecule has 3 aromatic heterocycles. The molecule has 3 heterocycles. The summed E-state index contributed by atoms with van der Waals surface area (Å²) in [7, 11) is -3.54. The molecule has 2 N–H and O–H groups in total. The van der Waals surface area contributed by atoms with Crippen LogP contribution in [0.25, 0.3) is 27.8 Å². The van der Waals surface area contributed by atoms with Crippen molar-refractivity contribution in [1.82, 2.24) is 24.6 Å². The number of carbonyl (C=O) groups excluding carboxylic acids is 1. The molecule has 32 heavy (non-hydrogen) atoms. The molecule has 1 saturated carbocycles. The first-order valence-corrected chi connectivity index (χ1v) is 11.9. The third kappa shape index (κ3) is 3.58. The van der Waals surface area contributed by atoms with Gasteiger partial charge in [0, 0.05) is 29.0 Å². The Morgan fingerprint density at radius 2 is 2.12 bits per heavy atom. The van der Waals surface area contributed by atoms with Crippen molar-refractivity contribution in [2.45, 2.75) is 18.3 Å². The van der Waals surface area contributed by atoms with Gasteiger partial charge in [-0.1, -0.05) is 11.6 Å². The van der Waals surface area contributed by atoms with Gasteiger partial charge in [0.2, 0.25) is 5.91 Å². The first kappa shape index (κ1) is 20.8. The molecule has 9 nitrogen and oxygen atoms in total. The van der Waals surface area contributed by atoms with E-state index in [1.54, 1.807) is 4.40 Å². The van der Waals surface area contributed by atoms with E-state index in [2.05, 4.69) is 25.5 Å². The lowest BCUT2D eigenvalue weighted by molar-refractivity contribution is -0.117. The number of nitrogens with one attached hydrogen (secondary N) is 2. The van der Waals surface area contributed by atoms with E-state index < -0.39 is 39.4 Å². The van der Waals surface area contributed by atoms with Gasteiger partial charge >= 0.3 is 0 Å². The van der Waals surface area contributed by atoms with Crippen LogP contribution in [-0.4, -0.2) is 51.3 Å². The van der Waals surface area contributed by atoms with Gasteiger partial charge in [0.05, 0.1) is 46.5 Å². The number of fused-ring (bicyclic) bond motifs is 2. The van der Waals surface area contributed by atoms with Crippen LogP contribution in [0.5, 0.6) is 0 Å². The third-order valence-electron chi connectivity index (χ3n) is 5.19. The standard InChI is InChI=1S/C19H15ClF2N6O3S/c1-32(30,31)7-10-17(22)16(20)15(9-3-24-27-18(9)10)12-5-28-6-13(25-14(28)4-23-12)26-19(29)8-2-11(8)21/h3-6,8,11H,2,7H2,1H3,(H,24,27)(H,26,29)/t8-,11+/m1/s1. The number of sulfone groups is 1. The topological polar surface area (TPSA) is 122 Å². The smallest absolute Gasteiger partial charge is 0.231 e. The van der Waals surface area contributed by atoms with Gasteiger partial charge in [-0.25, -0.2) is 22.2 Å². The molecule has 13 heteroatoms. The second-order valence-electron chi connectivity index (χ2n) is 7.72. The number of imidazole rings is 1. The third-order valence-corrected chi connectivity index (χ3v) is 6.36. The average molecular weight is 481 g/mol. The lowest BCUT2D eigenvalue weighted by Gasteiger charge is -2.11. The van der Waals surface area contributed by atoms with E-state index in [9.17, 15) is 17.6 Å². The Balaban J connectivity index is 1.58. The van der Waals surface area contributed by atoms with Crippen molar-refractivity contribution in [1.29, 1.82) is 0 Å². The fourth-order valence-corrected chi connectivity index (χ4v) is 4.67. The van der Waals surface area contributed by atoms with Crippen molar-refractivity contribution in [2.24, 2.45) is 5.92 Å². The van der Waals surface area contributed by atoms with E-state index in [-0.39, 0.29) is 39.6 Å². The van der Waals surface area contributed by atoms with Crippen LogP contribution < -0.4 is 5.32 Å². The van der Waals surface area contributed by atoms with E-state index in [4.69, 9.17) is 11.6 Å². The largest absolute Gasteiger partial charge is 0.309 e. The van der Waals surface area contributed by atoms with Gasteiger partial charge in [0.15, 0.2) is 21.3 Å². The summed E-state index contributed by atoms with van der Waals surface area (Å²) in [6.07, 6.45) is 5.95. The van der Waals surface area contributed by atoms with Gasteiger partial charge in [0.1, 0.15) is 12.0 Å². The maximum Gasteiger partial charge on any atom is 0.231 e. The molecule has 1 aliphatic carbocycles. The number of H-pyrrole nitrogens is 1. The van der Waals surface area contributed by atoms with Crippen LogP contribution in [0.4, 0.5) is 14.6 Å². The second kappa shape index (κ2) is 7.20. The number of benzene rings is 1.